The van der Waals surface area contributed by atoms with E-state index in [2.05, 4.69) is 36.5 Å². The van der Waals surface area contributed by atoms with Crippen LogP contribution in [0.1, 0.15) is 17.5 Å². The van der Waals surface area contributed by atoms with Crippen LogP contribution in [0, 0.1) is 6.92 Å². The number of aryl methyl sites for hydroxylation is 2. The second-order valence-corrected chi connectivity index (χ2v) is 8.43. The molecule has 7 heteroatoms. The van der Waals surface area contributed by atoms with Crippen LogP contribution in [0.25, 0.3) is 0 Å². The lowest BCUT2D eigenvalue weighted by Gasteiger charge is -2.06. The lowest BCUT2D eigenvalue weighted by molar-refractivity contribution is -0.120. The van der Waals surface area contributed by atoms with E-state index in [4.69, 9.17) is 5.14 Å². The van der Waals surface area contributed by atoms with E-state index in [0.29, 0.717) is 19.4 Å². The Morgan fingerprint density at radius 1 is 1.08 bits per heavy atom. The van der Waals surface area contributed by atoms with Crippen LogP contribution in [0.5, 0.6) is 0 Å². The topological polar surface area (TPSA) is 89.3 Å². The number of nitrogens with two attached hydrogens (primary N) is 1. The summed E-state index contributed by atoms with van der Waals surface area (Å²) in [5, 5.41) is 7.95. The molecule has 2 aromatic rings. The summed E-state index contributed by atoms with van der Waals surface area (Å²) in [5.41, 5.74) is 2.13. The molecule has 0 unspecified atom stereocenters. The zero-order valence-corrected chi connectivity index (χ0v) is 15.7. The number of sulfonamides is 1. The molecule has 1 amide bonds. The van der Waals surface area contributed by atoms with Crippen molar-refractivity contribution in [1.82, 2.24) is 5.32 Å². The maximum absolute atomic E-state index is 11.9. The normalized spacial score (nSPS) is 11.3. The minimum absolute atomic E-state index is 0.0139. The van der Waals surface area contributed by atoms with E-state index in [9.17, 15) is 13.2 Å². The molecule has 5 nitrogen and oxygen atoms in total. The molecular formula is C18H22N2O3S2. The number of hydrogen-bond acceptors (Lipinski definition) is 4. The van der Waals surface area contributed by atoms with Crippen molar-refractivity contribution >= 4 is 27.7 Å². The monoisotopic (exact) mass is 378 g/mol. The predicted molar refractivity (Wildman–Crippen MR) is 101 cm³/mol. The fourth-order valence-corrected chi connectivity index (χ4v) is 3.47. The van der Waals surface area contributed by atoms with E-state index in [1.54, 1.807) is 23.9 Å². The first-order valence-electron chi connectivity index (χ1n) is 7.92. The Kier molecular flexibility index (Phi) is 7.04. The number of carbonyl (C=O) groups is 1. The molecule has 0 aliphatic heterocycles. The number of rotatable bonds is 8. The van der Waals surface area contributed by atoms with Gasteiger partial charge in [0.2, 0.25) is 15.9 Å². The average molecular weight is 379 g/mol. The summed E-state index contributed by atoms with van der Waals surface area (Å²) in [6.45, 7) is 2.67. The standard InChI is InChI=1S/C18H22N2O3S2/c1-14-2-7-16(8-3-14)24-13-12-20-18(21)11-6-15-4-9-17(10-5-15)25(19,22)23/h2-5,7-10H,6,11-13H2,1H3,(H,20,21)(H2,19,22,23). The van der Waals surface area contributed by atoms with Gasteiger partial charge in [0.15, 0.2) is 0 Å². The van der Waals surface area contributed by atoms with Crippen LogP contribution in [0.3, 0.4) is 0 Å². The molecule has 134 valence electrons. The van der Waals surface area contributed by atoms with Gasteiger partial charge in [-0.05, 0) is 43.2 Å². The van der Waals surface area contributed by atoms with Crippen LogP contribution in [0.2, 0.25) is 0 Å². The summed E-state index contributed by atoms with van der Waals surface area (Å²) in [6, 6.07) is 14.6. The Hall–Kier alpha value is -1.83. The molecular weight excluding hydrogens is 356 g/mol. The highest BCUT2D eigenvalue weighted by Crippen LogP contribution is 2.17. The van der Waals surface area contributed by atoms with Gasteiger partial charge in [0, 0.05) is 23.6 Å². The molecule has 0 fully saturated rings. The second kappa shape index (κ2) is 9.03. The third kappa shape index (κ3) is 6.89. The van der Waals surface area contributed by atoms with Crippen molar-refractivity contribution in [2.24, 2.45) is 5.14 Å². The largest absolute Gasteiger partial charge is 0.355 e. The molecule has 0 saturated carbocycles. The summed E-state index contributed by atoms with van der Waals surface area (Å²) in [4.78, 5) is 13.1. The molecule has 0 aliphatic rings. The van der Waals surface area contributed by atoms with Crippen LogP contribution in [-0.4, -0.2) is 26.6 Å². The van der Waals surface area contributed by atoms with E-state index in [1.165, 1.54) is 22.6 Å². The Balaban J connectivity index is 1.67. The molecule has 0 atom stereocenters. The van der Waals surface area contributed by atoms with Crippen LogP contribution < -0.4 is 10.5 Å². The molecule has 0 saturated heterocycles. The van der Waals surface area contributed by atoms with Gasteiger partial charge in [-0.25, -0.2) is 13.6 Å². The third-order valence-corrected chi connectivity index (χ3v) is 5.55. The highest BCUT2D eigenvalue weighted by molar-refractivity contribution is 7.99. The van der Waals surface area contributed by atoms with Crippen molar-refractivity contribution in [3.05, 3.63) is 59.7 Å². The fraction of sp³-hybridized carbons (Fsp3) is 0.278. The first-order valence-corrected chi connectivity index (χ1v) is 10.5. The number of benzene rings is 2. The zero-order chi connectivity index (χ0) is 18.3. The van der Waals surface area contributed by atoms with Gasteiger partial charge in [-0.3, -0.25) is 4.79 Å². The van der Waals surface area contributed by atoms with E-state index in [0.717, 1.165) is 11.3 Å². The van der Waals surface area contributed by atoms with Gasteiger partial charge in [0.25, 0.3) is 0 Å². The first kappa shape index (κ1) is 19.5. The maximum Gasteiger partial charge on any atom is 0.238 e. The molecule has 0 heterocycles. The fourth-order valence-electron chi connectivity index (χ4n) is 2.19. The van der Waals surface area contributed by atoms with Crippen molar-refractivity contribution < 1.29 is 13.2 Å². The van der Waals surface area contributed by atoms with Crippen molar-refractivity contribution in [1.29, 1.82) is 0 Å². The van der Waals surface area contributed by atoms with E-state index < -0.39 is 10.0 Å². The molecule has 3 N–H and O–H groups in total. The minimum atomic E-state index is -3.67. The molecule has 2 aromatic carbocycles. The summed E-state index contributed by atoms with van der Waals surface area (Å²) in [7, 11) is -3.67. The molecule has 25 heavy (non-hydrogen) atoms. The van der Waals surface area contributed by atoms with Gasteiger partial charge in [0.05, 0.1) is 4.90 Å². The Labute approximate surface area is 153 Å². The second-order valence-electron chi connectivity index (χ2n) is 5.70. The van der Waals surface area contributed by atoms with Crippen molar-refractivity contribution in [3.63, 3.8) is 0 Å². The van der Waals surface area contributed by atoms with Crippen LogP contribution in [0.4, 0.5) is 0 Å². The van der Waals surface area contributed by atoms with Crippen molar-refractivity contribution in [2.75, 3.05) is 12.3 Å². The van der Waals surface area contributed by atoms with Crippen LogP contribution in [0.15, 0.2) is 58.3 Å². The van der Waals surface area contributed by atoms with Crippen molar-refractivity contribution in [2.45, 2.75) is 29.6 Å². The third-order valence-electron chi connectivity index (χ3n) is 3.61. The van der Waals surface area contributed by atoms with Gasteiger partial charge in [0.1, 0.15) is 0 Å². The predicted octanol–water partition coefficient (Wildman–Crippen LogP) is 2.48. The molecule has 0 aliphatic carbocycles. The van der Waals surface area contributed by atoms with Crippen LogP contribution >= 0.6 is 11.8 Å². The van der Waals surface area contributed by atoms with E-state index in [1.807, 2.05) is 0 Å². The minimum Gasteiger partial charge on any atom is -0.355 e. The zero-order valence-electron chi connectivity index (χ0n) is 14.1. The summed E-state index contributed by atoms with van der Waals surface area (Å²) in [5.74, 6) is 0.803. The quantitative estimate of drug-likeness (QED) is 0.545. The Morgan fingerprint density at radius 2 is 1.72 bits per heavy atom. The Bertz CT molecular complexity index is 801. The number of thioether (sulfide) groups is 1. The number of primary sulfonamides is 1. The molecule has 0 spiro atoms. The van der Waals surface area contributed by atoms with Gasteiger partial charge in [-0.1, -0.05) is 29.8 Å². The maximum atomic E-state index is 11.9. The highest BCUT2D eigenvalue weighted by Gasteiger charge is 2.07. The van der Waals surface area contributed by atoms with Crippen LogP contribution in [-0.2, 0) is 21.2 Å². The first-order chi connectivity index (χ1) is 11.8. The molecule has 0 bridgehead atoms. The lowest BCUT2D eigenvalue weighted by Crippen LogP contribution is -2.25. The number of carbonyl (C=O) groups excluding carboxylic acids is 1. The van der Waals surface area contributed by atoms with Crippen molar-refractivity contribution in [3.8, 4) is 0 Å². The summed E-state index contributed by atoms with van der Waals surface area (Å²) in [6.07, 6.45) is 0.922. The molecule has 0 aromatic heterocycles. The summed E-state index contributed by atoms with van der Waals surface area (Å²) >= 11 is 1.71. The Morgan fingerprint density at radius 3 is 2.32 bits per heavy atom. The number of nitrogens with one attached hydrogen (secondary N) is 1. The summed E-state index contributed by atoms with van der Waals surface area (Å²) < 4.78 is 22.4. The average Bonchev–Trinajstić information content (AvgIpc) is 2.58. The lowest BCUT2D eigenvalue weighted by atomic mass is 10.1. The van der Waals surface area contributed by atoms with Gasteiger partial charge in [-0.2, -0.15) is 0 Å². The number of amides is 1. The smallest absolute Gasteiger partial charge is 0.238 e. The molecule has 2 rings (SSSR count). The van der Waals surface area contributed by atoms with Gasteiger partial charge >= 0.3 is 0 Å². The van der Waals surface area contributed by atoms with Gasteiger partial charge < -0.3 is 5.32 Å². The van der Waals surface area contributed by atoms with E-state index >= 15 is 0 Å². The molecule has 0 radical (unpaired) electrons. The van der Waals surface area contributed by atoms with E-state index in [-0.39, 0.29) is 10.8 Å². The SMILES string of the molecule is Cc1ccc(SCCNC(=O)CCc2ccc(S(N)(=O)=O)cc2)cc1. The van der Waals surface area contributed by atoms with Gasteiger partial charge in [-0.15, -0.1) is 11.8 Å². The number of hydrogen-bond donors (Lipinski definition) is 2. The highest BCUT2D eigenvalue weighted by atomic mass is 32.2.